The zero-order valence-corrected chi connectivity index (χ0v) is 11.7. The lowest BCUT2D eigenvalue weighted by Crippen LogP contribution is -2.48. The summed E-state index contributed by atoms with van der Waals surface area (Å²) in [7, 11) is 0. The molecular weight excluding hydrogens is 240 g/mol. The Bertz CT molecular complexity index is 394. The number of carbonyl (C=O) groups is 1. The molecule has 1 aromatic heterocycles. The number of furan rings is 1. The van der Waals surface area contributed by atoms with E-state index in [1.54, 1.807) is 6.26 Å². The Morgan fingerprint density at radius 3 is 2.68 bits per heavy atom. The smallest absolute Gasteiger partial charge is 0.230 e. The highest BCUT2D eigenvalue weighted by molar-refractivity contribution is 5.83. The van der Waals surface area contributed by atoms with Gasteiger partial charge in [0.25, 0.3) is 0 Å². The first-order valence-electron chi connectivity index (χ1n) is 7.23. The molecule has 0 saturated heterocycles. The minimum atomic E-state index is -0.332. The highest BCUT2D eigenvalue weighted by Crippen LogP contribution is 2.37. The van der Waals surface area contributed by atoms with Crippen LogP contribution < -0.4 is 5.73 Å². The van der Waals surface area contributed by atoms with E-state index in [1.165, 1.54) is 6.42 Å². The Morgan fingerprint density at radius 1 is 1.42 bits per heavy atom. The summed E-state index contributed by atoms with van der Waals surface area (Å²) >= 11 is 0. The van der Waals surface area contributed by atoms with Crippen molar-refractivity contribution < 1.29 is 9.21 Å². The van der Waals surface area contributed by atoms with Crippen LogP contribution in [0.2, 0.25) is 0 Å². The third-order valence-corrected chi connectivity index (χ3v) is 4.25. The molecule has 0 aromatic carbocycles. The fraction of sp³-hybridized carbons (Fsp3) is 0.667. The molecule has 1 aliphatic carbocycles. The first-order chi connectivity index (χ1) is 9.22. The first-order valence-corrected chi connectivity index (χ1v) is 7.23. The molecular formula is C15H24N2O2. The van der Waals surface area contributed by atoms with Crippen LogP contribution in [0.25, 0.3) is 0 Å². The average Bonchev–Trinajstić information content (AvgIpc) is 2.97. The molecule has 0 bridgehead atoms. The summed E-state index contributed by atoms with van der Waals surface area (Å²) in [5.74, 6) is 1.03. The van der Waals surface area contributed by atoms with Gasteiger partial charge in [0.1, 0.15) is 5.76 Å². The molecule has 4 nitrogen and oxygen atoms in total. The van der Waals surface area contributed by atoms with Gasteiger partial charge < -0.3 is 15.1 Å². The molecule has 0 spiro atoms. The van der Waals surface area contributed by atoms with Crippen LogP contribution in [0.15, 0.2) is 22.8 Å². The van der Waals surface area contributed by atoms with E-state index in [4.69, 9.17) is 10.2 Å². The second-order valence-electron chi connectivity index (χ2n) is 5.44. The third-order valence-electron chi connectivity index (χ3n) is 4.25. The number of nitrogens with zero attached hydrogens (tertiary/aromatic N) is 1. The van der Waals surface area contributed by atoms with E-state index in [1.807, 2.05) is 24.0 Å². The normalized spacial score (nSPS) is 18.2. The number of amides is 1. The van der Waals surface area contributed by atoms with Crippen LogP contribution >= 0.6 is 0 Å². The molecule has 19 heavy (non-hydrogen) atoms. The number of nitrogens with two attached hydrogens (primary N) is 1. The molecule has 1 aliphatic rings. The molecule has 4 heteroatoms. The summed E-state index contributed by atoms with van der Waals surface area (Å²) < 4.78 is 5.34. The minimum Gasteiger partial charge on any atom is -0.467 e. The van der Waals surface area contributed by atoms with Gasteiger partial charge in [-0.2, -0.15) is 0 Å². The van der Waals surface area contributed by atoms with Gasteiger partial charge in [0.2, 0.25) is 5.91 Å². The zero-order chi connectivity index (χ0) is 13.7. The highest BCUT2D eigenvalue weighted by atomic mass is 16.3. The molecule has 106 valence electrons. The van der Waals surface area contributed by atoms with E-state index >= 15 is 0 Å². The molecule has 0 unspecified atom stereocenters. The van der Waals surface area contributed by atoms with Crippen LogP contribution in [0.3, 0.4) is 0 Å². The van der Waals surface area contributed by atoms with E-state index in [-0.39, 0.29) is 11.3 Å². The first kappa shape index (κ1) is 14.1. The van der Waals surface area contributed by atoms with Gasteiger partial charge in [-0.1, -0.05) is 19.3 Å². The molecule has 1 fully saturated rings. The lowest BCUT2D eigenvalue weighted by atomic mass is 9.73. The predicted molar refractivity (Wildman–Crippen MR) is 74.4 cm³/mol. The van der Waals surface area contributed by atoms with Gasteiger partial charge in [-0.05, 0) is 31.9 Å². The number of rotatable bonds is 5. The molecule has 1 amide bonds. The Hall–Kier alpha value is -1.29. The largest absolute Gasteiger partial charge is 0.467 e. The second kappa shape index (κ2) is 6.24. The Balaban J connectivity index is 2.10. The van der Waals surface area contributed by atoms with Crippen molar-refractivity contribution in [2.75, 3.05) is 13.1 Å². The van der Waals surface area contributed by atoms with Gasteiger partial charge in [-0.15, -0.1) is 0 Å². The van der Waals surface area contributed by atoms with Crippen molar-refractivity contribution in [1.29, 1.82) is 0 Å². The van der Waals surface area contributed by atoms with Crippen molar-refractivity contribution in [2.24, 2.45) is 11.1 Å². The standard InChI is InChI=1S/C15H24N2O2/c1-2-17(11-13-7-6-10-19-13)14(18)15(12-16)8-4-3-5-9-15/h6-7,10H,2-5,8-9,11-12,16H2,1H3. The number of hydrogen-bond acceptors (Lipinski definition) is 3. The van der Waals surface area contributed by atoms with Gasteiger partial charge in [-0.3, -0.25) is 4.79 Å². The fourth-order valence-corrected chi connectivity index (χ4v) is 2.99. The summed E-state index contributed by atoms with van der Waals surface area (Å²) in [6.07, 6.45) is 6.95. The molecule has 1 aromatic rings. The van der Waals surface area contributed by atoms with Gasteiger partial charge in [0.05, 0.1) is 18.2 Å². The molecule has 1 heterocycles. The van der Waals surface area contributed by atoms with Crippen molar-refractivity contribution in [3.8, 4) is 0 Å². The summed E-state index contributed by atoms with van der Waals surface area (Å²) in [5, 5.41) is 0. The maximum absolute atomic E-state index is 12.8. The van der Waals surface area contributed by atoms with Crippen molar-refractivity contribution >= 4 is 5.91 Å². The maximum atomic E-state index is 12.8. The van der Waals surface area contributed by atoms with E-state index in [2.05, 4.69) is 0 Å². The summed E-state index contributed by atoms with van der Waals surface area (Å²) in [4.78, 5) is 14.7. The van der Waals surface area contributed by atoms with Crippen LogP contribution in [0.4, 0.5) is 0 Å². The number of hydrogen-bond donors (Lipinski definition) is 1. The average molecular weight is 264 g/mol. The molecule has 0 aliphatic heterocycles. The number of carbonyl (C=O) groups excluding carboxylic acids is 1. The lowest BCUT2D eigenvalue weighted by Gasteiger charge is -2.38. The van der Waals surface area contributed by atoms with E-state index < -0.39 is 0 Å². The van der Waals surface area contributed by atoms with E-state index in [0.717, 1.165) is 31.4 Å². The molecule has 0 radical (unpaired) electrons. The SMILES string of the molecule is CCN(Cc1ccco1)C(=O)C1(CN)CCCCC1. The summed E-state index contributed by atoms with van der Waals surface area (Å²) in [6.45, 7) is 3.71. The fourth-order valence-electron chi connectivity index (χ4n) is 2.99. The van der Waals surface area contributed by atoms with Crippen LogP contribution in [0.1, 0.15) is 44.8 Å². The lowest BCUT2D eigenvalue weighted by molar-refractivity contribution is -0.144. The third kappa shape index (κ3) is 3.00. The summed E-state index contributed by atoms with van der Waals surface area (Å²) in [6, 6.07) is 3.76. The molecule has 0 atom stereocenters. The van der Waals surface area contributed by atoms with Gasteiger partial charge in [0, 0.05) is 13.1 Å². The van der Waals surface area contributed by atoms with Crippen molar-refractivity contribution in [2.45, 2.75) is 45.6 Å². The van der Waals surface area contributed by atoms with Crippen molar-refractivity contribution in [3.63, 3.8) is 0 Å². The maximum Gasteiger partial charge on any atom is 0.230 e. The molecule has 2 rings (SSSR count). The Labute approximate surface area is 114 Å². The predicted octanol–water partition coefficient (Wildman–Crippen LogP) is 2.54. The van der Waals surface area contributed by atoms with E-state index in [0.29, 0.717) is 19.6 Å². The van der Waals surface area contributed by atoms with Gasteiger partial charge in [-0.25, -0.2) is 0 Å². The van der Waals surface area contributed by atoms with Crippen LogP contribution in [-0.4, -0.2) is 23.9 Å². The topological polar surface area (TPSA) is 59.5 Å². The van der Waals surface area contributed by atoms with Gasteiger partial charge >= 0.3 is 0 Å². The molecule has 1 saturated carbocycles. The highest BCUT2D eigenvalue weighted by Gasteiger charge is 2.40. The summed E-state index contributed by atoms with van der Waals surface area (Å²) in [5.41, 5.74) is 5.60. The van der Waals surface area contributed by atoms with Crippen LogP contribution in [-0.2, 0) is 11.3 Å². The van der Waals surface area contributed by atoms with Crippen molar-refractivity contribution in [3.05, 3.63) is 24.2 Å². The molecule has 2 N–H and O–H groups in total. The minimum absolute atomic E-state index is 0.202. The van der Waals surface area contributed by atoms with E-state index in [9.17, 15) is 4.79 Å². The Kier molecular flexibility index (Phi) is 4.64. The van der Waals surface area contributed by atoms with Crippen LogP contribution in [0, 0.1) is 5.41 Å². The Morgan fingerprint density at radius 2 is 2.16 bits per heavy atom. The monoisotopic (exact) mass is 264 g/mol. The second-order valence-corrected chi connectivity index (χ2v) is 5.44. The zero-order valence-electron chi connectivity index (χ0n) is 11.7. The van der Waals surface area contributed by atoms with Crippen molar-refractivity contribution in [1.82, 2.24) is 4.90 Å². The van der Waals surface area contributed by atoms with Gasteiger partial charge in [0.15, 0.2) is 0 Å². The quantitative estimate of drug-likeness (QED) is 0.889. The van der Waals surface area contributed by atoms with Crippen LogP contribution in [0.5, 0.6) is 0 Å².